The molecule has 2 aromatic heterocycles. The Kier molecular flexibility index (Phi) is 5.31. The van der Waals surface area contributed by atoms with E-state index in [1.165, 1.54) is 0 Å². The van der Waals surface area contributed by atoms with Crippen molar-refractivity contribution in [1.82, 2.24) is 19.5 Å². The van der Waals surface area contributed by atoms with Crippen LogP contribution in [0.15, 0.2) is 18.5 Å². The van der Waals surface area contributed by atoms with E-state index in [2.05, 4.69) is 32.8 Å². The third-order valence-electron chi connectivity index (χ3n) is 4.57. The second-order valence-corrected chi connectivity index (χ2v) is 6.68. The molecule has 1 atom stereocenters. The van der Waals surface area contributed by atoms with Crippen molar-refractivity contribution in [3.8, 4) is 0 Å². The zero-order valence-corrected chi connectivity index (χ0v) is 15.0. The maximum Gasteiger partial charge on any atom is 0.237 e. The lowest BCUT2D eigenvalue weighted by Gasteiger charge is -2.33. The molecule has 0 aromatic carbocycles. The number of primary amides is 1. The van der Waals surface area contributed by atoms with E-state index in [4.69, 9.17) is 5.73 Å². The molecule has 0 spiro atoms. The molecule has 1 saturated heterocycles. The SMILES string of the molecule is CCCc1cc(N2CCCC(c3nccn3CC(N)=O)C2)nc(C)n1. The molecule has 3 rings (SSSR count). The third kappa shape index (κ3) is 4.15. The van der Waals surface area contributed by atoms with Crippen molar-refractivity contribution in [2.75, 3.05) is 18.0 Å². The summed E-state index contributed by atoms with van der Waals surface area (Å²) in [6, 6.07) is 2.11. The molecule has 2 N–H and O–H groups in total. The molecule has 0 saturated carbocycles. The van der Waals surface area contributed by atoms with Crippen LogP contribution in [-0.2, 0) is 17.8 Å². The lowest BCUT2D eigenvalue weighted by molar-refractivity contribution is -0.118. The van der Waals surface area contributed by atoms with Gasteiger partial charge in [0.25, 0.3) is 0 Å². The molecule has 1 unspecified atom stereocenters. The molecule has 7 nitrogen and oxygen atoms in total. The highest BCUT2D eigenvalue weighted by Gasteiger charge is 2.26. The maximum atomic E-state index is 11.3. The highest BCUT2D eigenvalue weighted by atomic mass is 16.1. The van der Waals surface area contributed by atoms with Crippen molar-refractivity contribution in [1.29, 1.82) is 0 Å². The topological polar surface area (TPSA) is 89.9 Å². The summed E-state index contributed by atoms with van der Waals surface area (Å²) in [6.07, 6.45) is 7.73. The summed E-state index contributed by atoms with van der Waals surface area (Å²) in [5.41, 5.74) is 6.45. The molecule has 1 amide bonds. The molecule has 1 aliphatic heterocycles. The molecule has 2 aromatic rings. The zero-order chi connectivity index (χ0) is 17.8. The second-order valence-electron chi connectivity index (χ2n) is 6.68. The molecule has 1 fully saturated rings. The van der Waals surface area contributed by atoms with Gasteiger partial charge in [-0.05, 0) is 26.2 Å². The molecule has 134 valence electrons. The van der Waals surface area contributed by atoms with Gasteiger partial charge in [0.1, 0.15) is 24.0 Å². The van der Waals surface area contributed by atoms with E-state index < -0.39 is 0 Å². The van der Waals surface area contributed by atoms with Gasteiger partial charge in [0, 0.05) is 43.2 Å². The average Bonchev–Trinajstić information content (AvgIpc) is 3.02. The predicted molar refractivity (Wildman–Crippen MR) is 96.4 cm³/mol. The van der Waals surface area contributed by atoms with E-state index in [0.29, 0.717) is 0 Å². The van der Waals surface area contributed by atoms with Gasteiger partial charge >= 0.3 is 0 Å². The Balaban J connectivity index is 1.80. The molecule has 0 aliphatic carbocycles. The first kappa shape index (κ1) is 17.4. The minimum Gasteiger partial charge on any atom is -0.368 e. The number of nitrogens with zero attached hydrogens (tertiary/aromatic N) is 5. The first-order chi connectivity index (χ1) is 12.1. The molecule has 7 heteroatoms. The number of rotatable bonds is 6. The Hall–Kier alpha value is -2.44. The number of anilines is 1. The molecular formula is C18H26N6O. The third-order valence-corrected chi connectivity index (χ3v) is 4.57. The van der Waals surface area contributed by atoms with Crippen molar-refractivity contribution >= 4 is 11.7 Å². The number of aromatic nitrogens is 4. The van der Waals surface area contributed by atoms with Crippen LogP contribution in [0.1, 0.15) is 49.4 Å². The maximum absolute atomic E-state index is 11.3. The number of carbonyl (C=O) groups excluding carboxylic acids is 1. The van der Waals surface area contributed by atoms with E-state index in [0.717, 1.165) is 61.9 Å². The van der Waals surface area contributed by atoms with Crippen LogP contribution in [0.4, 0.5) is 5.82 Å². The van der Waals surface area contributed by atoms with Crippen LogP contribution in [0.5, 0.6) is 0 Å². The number of hydrogen-bond acceptors (Lipinski definition) is 5. The number of amides is 1. The number of hydrogen-bond donors (Lipinski definition) is 1. The Morgan fingerprint density at radius 3 is 3.00 bits per heavy atom. The van der Waals surface area contributed by atoms with Crippen LogP contribution >= 0.6 is 0 Å². The fraction of sp³-hybridized carbons (Fsp3) is 0.556. The summed E-state index contributed by atoms with van der Waals surface area (Å²) in [4.78, 5) is 27.2. The van der Waals surface area contributed by atoms with Gasteiger partial charge in [-0.2, -0.15) is 0 Å². The van der Waals surface area contributed by atoms with Crippen LogP contribution in [0.3, 0.4) is 0 Å². The van der Waals surface area contributed by atoms with E-state index >= 15 is 0 Å². The van der Waals surface area contributed by atoms with Gasteiger partial charge in [0.15, 0.2) is 0 Å². The smallest absolute Gasteiger partial charge is 0.237 e. The highest BCUT2D eigenvalue weighted by molar-refractivity contribution is 5.73. The standard InChI is InChI=1S/C18H26N6O/c1-3-5-15-10-17(22-13(2)21-15)23-8-4-6-14(11-23)18-20-7-9-24(18)12-16(19)25/h7,9-10,14H,3-6,8,11-12H2,1-2H3,(H2,19,25). The van der Waals surface area contributed by atoms with Crippen molar-refractivity contribution < 1.29 is 4.79 Å². The minimum atomic E-state index is -0.345. The van der Waals surface area contributed by atoms with Crippen LogP contribution < -0.4 is 10.6 Å². The minimum absolute atomic E-state index is 0.180. The van der Waals surface area contributed by atoms with Gasteiger partial charge in [-0.3, -0.25) is 4.79 Å². The van der Waals surface area contributed by atoms with Crippen LogP contribution in [0.25, 0.3) is 0 Å². The summed E-state index contributed by atoms with van der Waals surface area (Å²) in [7, 11) is 0. The Morgan fingerprint density at radius 2 is 2.24 bits per heavy atom. The van der Waals surface area contributed by atoms with Crippen molar-refractivity contribution in [2.45, 2.75) is 52.0 Å². The van der Waals surface area contributed by atoms with Gasteiger partial charge < -0.3 is 15.2 Å². The quantitative estimate of drug-likeness (QED) is 0.864. The van der Waals surface area contributed by atoms with Crippen molar-refractivity contribution in [3.63, 3.8) is 0 Å². The summed E-state index contributed by atoms with van der Waals surface area (Å²) < 4.78 is 1.87. The highest BCUT2D eigenvalue weighted by Crippen LogP contribution is 2.28. The molecule has 1 aliphatic rings. The fourth-order valence-corrected chi connectivity index (χ4v) is 3.54. The number of nitrogens with two attached hydrogens (primary N) is 1. The van der Waals surface area contributed by atoms with Crippen molar-refractivity contribution in [3.05, 3.63) is 35.8 Å². The van der Waals surface area contributed by atoms with Crippen LogP contribution in [0, 0.1) is 6.92 Å². The largest absolute Gasteiger partial charge is 0.368 e. The Morgan fingerprint density at radius 1 is 1.40 bits per heavy atom. The van der Waals surface area contributed by atoms with E-state index in [-0.39, 0.29) is 18.4 Å². The Bertz CT molecular complexity index is 741. The second kappa shape index (κ2) is 7.63. The van der Waals surface area contributed by atoms with Gasteiger partial charge in [0.2, 0.25) is 5.91 Å². The van der Waals surface area contributed by atoms with E-state index in [9.17, 15) is 4.79 Å². The first-order valence-electron chi connectivity index (χ1n) is 8.95. The summed E-state index contributed by atoms with van der Waals surface area (Å²) >= 11 is 0. The van der Waals surface area contributed by atoms with E-state index in [1.54, 1.807) is 6.20 Å². The summed E-state index contributed by atoms with van der Waals surface area (Å²) in [6.45, 7) is 6.11. The van der Waals surface area contributed by atoms with Gasteiger partial charge in [0.05, 0.1) is 0 Å². The molecule has 0 bridgehead atoms. The molecule has 0 radical (unpaired) electrons. The monoisotopic (exact) mass is 342 g/mol. The Labute approximate surface area is 148 Å². The van der Waals surface area contributed by atoms with Gasteiger partial charge in [-0.25, -0.2) is 15.0 Å². The first-order valence-corrected chi connectivity index (χ1v) is 8.95. The lowest BCUT2D eigenvalue weighted by atomic mass is 9.97. The molecule has 3 heterocycles. The van der Waals surface area contributed by atoms with Crippen LogP contribution in [0.2, 0.25) is 0 Å². The zero-order valence-electron chi connectivity index (χ0n) is 15.0. The van der Waals surface area contributed by atoms with Gasteiger partial charge in [-0.1, -0.05) is 13.3 Å². The number of carbonyl (C=O) groups is 1. The number of aryl methyl sites for hydroxylation is 2. The summed E-state index contributed by atoms with van der Waals surface area (Å²) in [5, 5.41) is 0. The van der Waals surface area contributed by atoms with Gasteiger partial charge in [-0.15, -0.1) is 0 Å². The normalized spacial score (nSPS) is 17.7. The van der Waals surface area contributed by atoms with E-state index in [1.807, 2.05) is 17.7 Å². The number of piperidine rings is 1. The molecule has 25 heavy (non-hydrogen) atoms. The van der Waals surface area contributed by atoms with Crippen molar-refractivity contribution in [2.24, 2.45) is 5.73 Å². The van der Waals surface area contributed by atoms with Crippen LogP contribution in [-0.4, -0.2) is 38.5 Å². The lowest BCUT2D eigenvalue weighted by Crippen LogP contribution is -2.36. The number of imidazole rings is 1. The predicted octanol–water partition coefficient (Wildman–Crippen LogP) is 1.80. The average molecular weight is 342 g/mol. The molecular weight excluding hydrogens is 316 g/mol. The fourth-order valence-electron chi connectivity index (χ4n) is 3.54. The summed E-state index contributed by atoms with van der Waals surface area (Å²) in [5.74, 6) is 2.67.